The molecule has 0 radical (unpaired) electrons. The summed E-state index contributed by atoms with van der Waals surface area (Å²) in [6, 6.07) is 2.01. The predicted molar refractivity (Wildman–Crippen MR) is 81.8 cm³/mol. The van der Waals surface area contributed by atoms with Crippen molar-refractivity contribution in [2.45, 2.75) is 37.1 Å². The Hall–Kier alpha value is -0.210. The molecule has 0 aliphatic heterocycles. The van der Waals surface area contributed by atoms with Gasteiger partial charge in [-0.2, -0.15) is 0 Å². The number of benzene rings is 1. The van der Waals surface area contributed by atoms with Crippen LogP contribution in [0.3, 0.4) is 0 Å². The highest BCUT2D eigenvalue weighted by Gasteiger charge is 2.27. The SMILES string of the molecule is CCC(N)(CC)CNS(=O)(=O)c1c(Cl)cc(F)cc1Br. The van der Waals surface area contributed by atoms with Gasteiger partial charge in [0.1, 0.15) is 10.7 Å². The molecule has 4 nitrogen and oxygen atoms in total. The summed E-state index contributed by atoms with van der Waals surface area (Å²) in [7, 11) is -3.87. The van der Waals surface area contributed by atoms with E-state index in [0.29, 0.717) is 12.8 Å². The molecule has 0 aliphatic rings. The normalized spacial score (nSPS) is 12.7. The summed E-state index contributed by atoms with van der Waals surface area (Å²) in [5.74, 6) is -0.615. The standard InChI is InChI=1S/C12H17BrClFN2O2S/c1-3-12(16,4-2)7-17-20(18,19)11-9(13)5-8(15)6-10(11)14/h5-6,17H,3-4,7,16H2,1-2H3. The van der Waals surface area contributed by atoms with Crippen molar-refractivity contribution in [1.82, 2.24) is 4.72 Å². The van der Waals surface area contributed by atoms with Gasteiger partial charge in [0.2, 0.25) is 10.0 Å². The highest BCUT2D eigenvalue weighted by molar-refractivity contribution is 9.10. The Labute approximate surface area is 132 Å². The third-order valence-corrected chi connectivity index (χ3v) is 6.05. The molecule has 3 N–H and O–H groups in total. The maximum Gasteiger partial charge on any atom is 0.243 e. The van der Waals surface area contributed by atoms with Crippen molar-refractivity contribution >= 4 is 37.6 Å². The molecule has 1 aromatic rings. The smallest absolute Gasteiger partial charge is 0.243 e. The van der Waals surface area contributed by atoms with E-state index in [1.165, 1.54) is 0 Å². The summed E-state index contributed by atoms with van der Waals surface area (Å²) in [5, 5.41) is -0.181. The van der Waals surface area contributed by atoms with Crippen LogP contribution in [0.1, 0.15) is 26.7 Å². The van der Waals surface area contributed by atoms with Crippen LogP contribution in [-0.4, -0.2) is 20.5 Å². The van der Waals surface area contributed by atoms with Crippen molar-refractivity contribution in [3.8, 4) is 0 Å². The Balaban J connectivity index is 3.07. The van der Waals surface area contributed by atoms with Crippen LogP contribution >= 0.6 is 27.5 Å². The van der Waals surface area contributed by atoms with Crippen LogP contribution in [0.2, 0.25) is 5.02 Å². The van der Waals surface area contributed by atoms with Gasteiger partial charge in [-0.05, 0) is 40.9 Å². The second-order valence-corrected chi connectivity index (χ2v) is 7.56. The van der Waals surface area contributed by atoms with Crippen LogP contribution in [0.4, 0.5) is 4.39 Å². The molecule has 8 heteroatoms. The molecule has 0 aliphatic carbocycles. The van der Waals surface area contributed by atoms with Crippen LogP contribution in [0.15, 0.2) is 21.5 Å². The van der Waals surface area contributed by atoms with Crippen LogP contribution in [0.5, 0.6) is 0 Å². The maximum absolute atomic E-state index is 13.1. The lowest BCUT2D eigenvalue weighted by molar-refractivity contribution is 0.391. The molecule has 0 atom stereocenters. The van der Waals surface area contributed by atoms with Crippen LogP contribution in [-0.2, 0) is 10.0 Å². The van der Waals surface area contributed by atoms with E-state index < -0.39 is 21.4 Å². The summed E-state index contributed by atoms with van der Waals surface area (Å²) in [5.41, 5.74) is 5.43. The molecular weight excluding hydrogens is 371 g/mol. The van der Waals surface area contributed by atoms with Gasteiger partial charge in [0, 0.05) is 16.6 Å². The van der Waals surface area contributed by atoms with Gasteiger partial charge in [0.05, 0.1) is 5.02 Å². The number of sulfonamides is 1. The van der Waals surface area contributed by atoms with E-state index >= 15 is 0 Å². The zero-order chi connectivity index (χ0) is 15.6. The summed E-state index contributed by atoms with van der Waals surface area (Å²) in [4.78, 5) is -0.185. The van der Waals surface area contributed by atoms with Gasteiger partial charge in [-0.1, -0.05) is 25.4 Å². The molecule has 0 amide bonds. The fourth-order valence-electron chi connectivity index (χ4n) is 1.60. The zero-order valence-corrected chi connectivity index (χ0v) is 14.4. The molecule has 0 saturated carbocycles. The number of hydrogen-bond acceptors (Lipinski definition) is 3. The third kappa shape index (κ3) is 4.14. The molecular formula is C12H17BrClFN2O2S. The Morgan fingerprint density at radius 2 is 1.95 bits per heavy atom. The fourth-order valence-corrected chi connectivity index (χ4v) is 4.55. The van der Waals surface area contributed by atoms with Crippen LogP contribution in [0.25, 0.3) is 0 Å². The van der Waals surface area contributed by atoms with Crippen molar-refractivity contribution in [3.05, 3.63) is 27.4 Å². The number of nitrogens with one attached hydrogen (secondary N) is 1. The van der Waals surface area contributed by atoms with Crippen molar-refractivity contribution in [3.63, 3.8) is 0 Å². The second kappa shape index (κ2) is 6.70. The highest BCUT2D eigenvalue weighted by atomic mass is 79.9. The highest BCUT2D eigenvalue weighted by Crippen LogP contribution is 2.30. The molecule has 0 spiro atoms. The summed E-state index contributed by atoms with van der Waals surface area (Å²) >= 11 is 8.83. The number of rotatable bonds is 6. The molecule has 0 aromatic heterocycles. The quantitative estimate of drug-likeness (QED) is 0.788. The fraction of sp³-hybridized carbons (Fsp3) is 0.500. The first-order chi connectivity index (χ1) is 9.15. The average Bonchev–Trinajstić information content (AvgIpc) is 2.34. The molecule has 1 rings (SSSR count). The largest absolute Gasteiger partial charge is 0.324 e. The molecule has 0 unspecified atom stereocenters. The van der Waals surface area contributed by atoms with E-state index in [-0.39, 0.29) is 20.9 Å². The van der Waals surface area contributed by atoms with Gasteiger partial charge in [-0.3, -0.25) is 0 Å². The molecule has 0 bridgehead atoms. The molecule has 0 saturated heterocycles. The minimum Gasteiger partial charge on any atom is -0.324 e. The van der Waals surface area contributed by atoms with Crippen molar-refractivity contribution in [1.29, 1.82) is 0 Å². The number of nitrogens with two attached hydrogens (primary N) is 1. The minimum atomic E-state index is -3.87. The van der Waals surface area contributed by atoms with E-state index in [4.69, 9.17) is 17.3 Å². The Morgan fingerprint density at radius 3 is 2.40 bits per heavy atom. The molecule has 0 heterocycles. The van der Waals surface area contributed by atoms with E-state index in [1.54, 1.807) is 0 Å². The first-order valence-electron chi connectivity index (χ1n) is 6.08. The van der Waals surface area contributed by atoms with Gasteiger partial charge in [-0.25, -0.2) is 17.5 Å². The zero-order valence-electron chi connectivity index (χ0n) is 11.2. The molecule has 1 aromatic carbocycles. The lowest BCUT2D eigenvalue weighted by Gasteiger charge is -2.26. The van der Waals surface area contributed by atoms with E-state index in [9.17, 15) is 12.8 Å². The van der Waals surface area contributed by atoms with Crippen LogP contribution < -0.4 is 10.5 Å². The van der Waals surface area contributed by atoms with Gasteiger partial charge >= 0.3 is 0 Å². The van der Waals surface area contributed by atoms with Gasteiger partial charge in [0.25, 0.3) is 0 Å². The van der Waals surface area contributed by atoms with E-state index in [2.05, 4.69) is 20.7 Å². The predicted octanol–water partition coefficient (Wildman–Crippen LogP) is 3.04. The first kappa shape index (κ1) is 17.8. The lowest BCUT2D eigenvalue weighted by atomic mass is 9.95. The monoisotopic (exact) mass is 386 g/mol. The van der Waals surface area contributed by atoms with Crippen molar-refractivity contribution in [2.75, 3.05) is 6.54 Å². The average molecular weight is 388 g/mol. The minimum absolute atomic E-state index is 0.0746. The van der Waals surface area contributed by atoms with Gasteiger partial charge in [-0.15, -0.1) is 0 Å². The molecule has 114 valence electrons. The summed E-state index contributed by atoms with van der Waals surface area (Å²) < 4.78 is 40.2. The Bertz CT molecular complexity index is 568. The summed E-state index contributed by atoms with van der Waals surface area (Å²) in [6.07, 6.45) is 1.26. The van der Waals surface area contributed by atoms with Crippen molar-refractivity contribution < 1.29 is 12.8 Å². The Kier molecular flexibility index (Phi) is 5.98. The van der Waals surface area contributed by atoms with Crippen LogP contribution in [0, 0.1) is 5.82 Å². The number of hydrogen-bond donors (Lipinski definition) is 2. The van der Waals surface area contributed by atoms with Crippen molar-refractivity contribution in [2.24, 2.45) is 5.73 Å². The second-order valence-electron chi connectivity index (χ2n) is 4.59. The topological polar surface area (TPSA) is 72.2 Å². The third-order valence-electron chi connectivity index (χ3n) is 3.25. The first-order valence-corrected chi connectivity index (χ1v) is 8.73. The number of halogens is 3. The Morgan fingerprint density at radius 1 is 1.40 bits per heavy atom. The molecule has 0 fully saturated rings. The van der Waals surface area contributed by atoms with E-state index in [1.807, 2.05) is 13.8 Å². The summed E-state index contributed by atoms with van der Waals surface area (Å²) in [6.45, 7) is 3.86. The van der Waals surface area contributed by atoms with Gasteiger partial charge < -0.3 is 5.73 Å². The maximum atomic E-state index is 13.1. The molecule has 20 heavy (non-hydrogen) atoms. The lowest BCUT2D eigenvalue weighted by Crippen LogP contribution is -2.49. The van der Waals surface area contributed by atoms with Gasteiger partial charge in [0.15, 0.2) is 0 Å². The van der Waals surface area contributed by atoms with E-state index in [0.717, 1.165) is 12.1 Å².